The summed E-state index contributed by atoms with van der Waals surface area (Å²) in [5.74, 6) is 0.649. The monoisotopic (exact) mass is 421 g/mol. The van der Waals surface area contributed by atoms with Gasteiger partial charge in [0.05, 0.1) is 18.7 Å². The zero-order valence-electron chi connectivity index (χ0n) is 18.2. The van der Waals surface area contributed by atoms with Crippen LogP contribution < -0.4 is 9.64 Å². The number of anilines is 1. The maximum absolute atomic E-state index is 13.0. The van der Waals surface area contributed by atoms with Crippen LogP contribution in [0.1, 0.15) is 30.7 Å². The molecule has 1 unspecified atom stereocenters. The van der Waals surface area contributed by atoms with E-state index in [-0.39, 0.29) is 17.7 Å². The first kappa shape index (κ1) is 21.4. The molecule has 2 aliphatic heterocycles. The molecule has 0 saturated carbocycles. The van der Waals surface area contributed by atoms with Crippen molar-refractivity contribution in [2.45, 2.75) is 25.2 Å². The van der Waals surface area contributed by atoms with Crippen molar-refractivity contribution in [3.63, 3.8) is 0 Å². The molecule has 4 rings (SSSR count). The zero-order chi connectivity index (χ0) is 21.6. The van der Waals surface area contributed by atoms with Crippen LogP contribution in [0.25, 0.3) is 0 Å². The van der Waals surface area contributed by atoms with E-state index in [1.807, 2.05) is 48.5 Å². The van der Waals surface area contributed by atoms with Gasteiger partial charge in [0.15, 0.2) is 0 Å². The van der Waals surface area contributed by atoms with Gasteiger partial charge in [0.2, 0.25) is 11.8 Å². The highest BCUT2D eigenvalue weighted by Gasteiger charge is 2.34. The summed E-state index contributed by atoms with van der Waals surface area (Å²) in [7, 11) is 1.71. The number of methoxy groups -OCH3 is 1. The van der Waals surface area contributed by atoms with Crippen molar-refractivity contribution in [2.75, 3.05) is 51.3 Å². The number of imide groups is 1. The van der Waals surface area contributed by atoms with Gasteiger partial charge in [0.25, 0.3) is 0 Å². The number of amides is 2. The Labute approximate surface area is 184 Å². The number of nitrogens with zero attached hydrogens (tertiary/aromatic N) is 3. The van der Waals surface area contributed by atoms with Crippen LogP contribution in [0.3, 0.4) is 0 Å². The smallest absolute Gasteiger partial charge is 0.236 e. The molecule has 6 nitrogen and oxygen atoms in total. The fourth-order valence-electron chi connectivity index (χ4n) is 4.62. The molecule has 2 aliphatic rings. The number of carbonyl (C=O) groups excluding carboxylic acids is 2. The predicted octanol–water partition coefficient (Wildman–Crippen LogP) is 3.14. The number of para-hydroxylation sites is 2. The minimum absolute atomic E-state index is 0.0295. The standard InChI is InChI=1S/C25H31N3O3/c1-31-23-11-6-5-10-22(23)27-18-16-26(17-19-27)14-7-15-28-24(29)13-12-21(25(28)30)20-8-3-2-4-9-20/h2-6,8-11,21H,7,12-19H2,1H3. The first-order valence-electron chi connectivity index (χ1n) is 11.2. The molecule has 0 aromatic heterocycles. The maximum atomic E-state index is 13.0. The second-order valence-corrected chi connectivity index (χ2v) is 8.24. The number of benzene rings is 2. The second kappa shape index (κ2) is 9.96. The molecule has 0 bridgehead atoms. The summed E-state index contributed by atoms with van der Waals surface area (Å²) in [6.45, 7) is 5.22. The minimum Gasteiger partial charge on any atom is -0.495 e. The van der Waals surface area contributed by atoms with Gasteiger partial charge in [0, 0.05) is 39.1 Å². The summed E-state index contributed by atoms with van der Waals surface area (Å²) in [6.07, 6.45) is 1.87. The lowest BCUT2D eigenvalue weighted by molar-refractivity contribution is -0.149. The van der Waals surface area contributed by atoms with Gasteiger partial charge in [-0.1, -0.05) is 42.5 Å². The normalized spacial score (nSPS) is 20.2. The Kier molecular flexibility index (Phi) is 6.87. The van der Waals surface area contributed by atoms with Crippen LogP contribution in [-0.4, -0.2) is 68.0 Å². The third kappa shape index (κ3) is 4.90. The van der Waals surface area contributed by atoms with Gasteiger partial charge in [-0.25, -0.2) is 0 Å². The molecule has 2 saturated heterocycles. The molecule has 164 valence electrons. The van der Waals surface area contributed by atoms with E-state index in [0.717, 1.165) is 56.1 Å². The largest absolute Gasteiger partial charge is 0.495 e. The lowest BCUT2D eigenvalue weighted by atomic mass is 9.89. The maximum Gasteiger partial charge on any atom is 0.236 e. The van der Waals surface area contributed by atoms with Gasteiger partial charge in [-0.15, -0.1) is 0 Å². The highest BCUT2D eigenvalue weighted by Crippen LogP contribution is 2.30. The van der Waals surface area contributed by atoms with Crippen LogP contribution in [0.5, 0.6) is 5.75 Å². The van der Waals surface area contributed by atoms with E-state index in [0.29, 0.717) is 19.4 Å². The first-order chi connectivity index (χ1) is 15.2. The van der Waals surface area contributed by atoms with Crippen LogP contribution >= 0.6 is 0 Å². The Bertz CT molecular complexity index is 894. The summed E-state index contributed by atoms with van der Waals surface area (Å²) >= 11 is 0. The topological polar surface area (TPSA) is 53.1 Å². The van der Waals surface area contributed by atoms with Gasteiger partial charge >= 0.3 is 0 Å². The van der Waals surface area contributed by atoms with Crippen molar-refractivity contribution in [1.82, 2.24) is 9.80 Å². The van der Waals surface area contributed by atoms with Gasteiger partial charge in [-0.3, -0.25) is 19.4 Å². The van der Waals surface area contributed by atoms with Crippen molar-refractivity contribution in [3.05, 3.63) is 60.2 Å². The fraction of sp³-hybridized carbons (Fsp3) is 0.440. The van der Waals surface area contributed by atoms with Crippen LogP contribution in [0.4, 0.5) is 5.69 Å². The van der Waals surface area contributed by atoms with E-state index in [9.17, 15) is 9.59 Å². The Balaban J connectivity index is 1.26. The van der Waals surface area contributed by atoms with E-state index in [1.54, 1.807) is 7.11 Å². The van der Waals surface area contributed by atoms with Crippen molar-refractivity contribution >= 4 is 17.5 Å². The molecular weight excluding hydrogens is 390 g/mol. The molecule has 2 fully saturated rings. The highest BCUT2D eigenvalue weighted by molar-refractivity contribution is 6.01. The zero-order valence-corrected chi connectivity index (χ0v) is 18.2. The van der Waals surface area contributed by atoms with E-state index < -0.39 is 0 Å². The van der Waals surface area contributed by atoms with Gasteiger partial charge < -0.3 is 9.64 Å². The molecule has 0 spiro atoms. The lowest BCUT2D eigenvalue weighted by Crippen LogP contribution is -2.48. The minimum atomic E-state index is -0.191. The van der Waals surface area contributed by atoms with Crippen LogP contribution in [-0.2, 0) is 9.59 Å². The summed E-state index contributed by atoms with van der Waals surface area (Å²) in [6, 6.07) is 18.0. The quantitative estimate of drug-likeness (QED) is 0.643. The number of rotatable bonds is 7. The number of carbonyl (C=O) groups is 2. The third-order valence-electron chi connectivity index (χ3n) is 6.37. The molecule has 6 heteroatoms. The van der Waals surface area contributed by atoms with Crippen LogP contribution in [0.2, 0.25) is 0 Å². The van der Waals surface area contributed by atoms with Crippen molar-refractivity contribution < 1.29 is 14.3 Å². The predicted molar refractivity (Wildman–Crippen MR) is 121 cm³/mol. The van der Waals surface area contributed by atoms with Gasteiger partial charge in [0.1, 0.15) is 5.75 Å². The Morgan fingerprint density at radius 1 is 0.903 bits per heavy atom. The number of likely N-dealkylation sites (tertiary alicyclic amines) is 1. The molecule has 31 heavy (non-hydrogen) atoms. The molecule has 0 aliphatic carbocycles. The van der Waals surface area contributed by atoms with Crippen molar-refractivity contribution in [2.24, 2.45) is 0 Å². The summed E-state index contributed by atoms with van der Waals surface area (Å²) < 4.78 is 5.49. The molecule has 1 atom stereocenters. The van der Waals surface area contributed by atoms with E-state index in [1.165, 1.54) is 4.90 Å². The van der Waals surface area contributed by atoms with E-state index in [4.69, 9.17) is 4.74 Å². The molecular formula is C25H31N3O3. The summed E-state index contributed by atoms with van der Waals surface area (Å²) in [5, 5.41) is 0. The summed E-state index contributed by atoms with van der Waals surface area (Å²) in [4.78, 5) is 31.6. The highest BCUT2D eigenvalue weighted by atomic mass is 16.5. The van der Waals surface area contributed by atoms with Crippen LogP contribution in [0.15, 0.2) is 54.6 Å². The van der Waals surface area contributed by atoms with Gasteiger partial charge in [-0.2, -0.15) is 0 Å². The Hall–Kier alpha value is -2.86. The summed E-state index contributed by atoms with van der Waals surface area (Å²) in [5.41, 5.74) is 2.15. The van der Waals surface area contributed by atoms with Crippen LogP contribution in [0, 0.1) is 0 Å². The number of piperazine rings is 1. The third-order valence-corrected chi connectivity index (χ3v) is 6.37. The molecule has 2 heterocycles. The van der Waals surface area contributed by atoms with Gasteiger partial charge in [-0.05, 0) is 37.1 Å². The number of hydrogen-bond donors (Lipinski definition) is 0. The Morgan fingerprint density at radius 2 is 1.61 bits per heavy atom. The Morgan fingerprint density at radius 3 is 2.35 bits per heavy atom. The average molecular weight is 422 g/mol. The molecule has 2 aromatic carbocycles. The average Bonchev–Trinajstić information content (AvgIpc) is 2.82. The first-order valence-corrected chi connectivity index (χ1v) is 11.2. The molecule has 0 radical (unpaired) electrons. The van der Waals surface area contributed by atoms with E-state index in [2.05, 4.69) is 15.9 Å². The SMILES string of the molecule is COc1ccccc1N1CCN(CCCN2C(=O)CCC(c3ccccc3)C2=O)CC1. The number of piperidine rings is 1. The fourth-order valence-corrected chi connectivity index (χ4v) is 4.62. The molecule has 0 N–H and O–H groups in total. The number of ether oxygens (including phenoxy) is 1. The van der Waals surface area contributed by atoms with E-state index >= 15 is 0 Å². The second-order valence-electron chi connectivity index (χ2n) is 8.24. The number of hydrogen-bond acceptors (Lipinski definition) is 5. The molecule has 2 aromatic rings. The lowest BCUT2D eigenvalue weighted by Gasteiger charge is -2.37. The molecule has 2 amide bonds. The van der Waals surface area contributed by atoms with Crippen molar-refractivity contribution in [3.8, 4) is 5.75 Å². The van der Waals surface area contributed by atoms with Crippen molar-refractivity contribution in [1.29, 1.82) is 0 Å².